The molecule has 5 heteroatoms. The number of aryl methyl sites for hydroxylation is 1. The van der Waals surface area contributed by atoms with Gasteiger partial charge in [-0.3, -0.25) is 4.79 Å². The summed E-state index contributed by atoms with van der Waals surface area (Å²) in [4.78, 5) is 18.1. The van der Waals surface area contributed by atoms with Crippen molar-refractivity contribution in [2.45, 2.75) is 58.2 Å². The van der Waals surface area contributed by atoms with Crippen LogP contribution in [-0.2, 0) is 11.3 Å². The second-order valence-corrected chi connectivity index (χ2v) is 7.57. The van der Waals surface area contributed by atoms with E-state index in [2.05, 4.69) is 27.8 Å². The lowest BCUT2D eigenvalue weighted by atomic mass is 10.2. The van der Waals surface area contributed by atoms with Gasteiger partial charge in [-0.1, -0.05) is 43.2 Å². The quantitative estimate of drug-likeness (QED) is 0.842. The lowest BCUT2D eigenvalue weighted by Crippen LogP contribution is -2.45. The van der Waals surface area contributed by atoms with Gasteiger partial charge in [0.15, 0.2) is 0 Å². The number of hydrogen-bond donors (Lipinski definition) is 2. The number of aromatic nitrogens is 1. The molecule has 0 unspecified atom stereocenters. The summed E-state index contributed by atoms with van der Waals surface area (Å²) in [7, 11) is 0. The zero-order valence-corrected chi connectivity index (χ0v) is 15.2. The average Bonchev–Trinajstić information content (AvgIpc) is 3.23. The maximum Gasteiger partial charge on any atom is 0.237 e. The van der Waals surface area contributed by atoms with E-state index in [1.807, 2.05) is 32.0 Å². The second kappa shape index (κ2) is 7.90. The highest BCUT2D eigenvalue weighted by Gasteiger charge is 2.20. The number of nitrogens with one attached hydrogen (secondary N) is 2. The van der Waals surface area contributed by atoms with E-state index in [0.29, 0.717) is 12.6 Å². The van der Waals surface area contributed by atoms with Gasteiger partial charge in [0.05, 0.1) is 11.7 Å². The van der Waals surface area contributed by atoms with E-state index >= 15 is 0 Å². The van der Waals surface area contributed by atoms with Crippen molar-refractivity contribution in [2.75, 3.05) is 0 Å². The molecule has 1 atom stereocenters. The molecule has 24 heavy (non-hydrogen) atoms. The van der Waals surface area contributed by atoms with Crippen LogP contribution in [0.2, 0.25) is 0 Å². The highest BCUT2D eigenvalue weighted by Crippen LogP contribution is 2.27. The summed E-state index contributed by atoms with van der Waals surface area (Å²) >= 11 is 1.69. The number of hydrogen-bond acceptors (Lipinski definition) is 4. The predicted molar refractivity (Wildman–Crippen MR) is 99.0 cm³/mol. The van der Waals surface area contributed by atoms with Crippen molar-refractivity contribution >= 4 is 17.2 Å². The molecule has 3 rings (SSSR count). The van der Waals surface area contributed by atoms with Crippen LogP contribution in [0, 0.1) is 6.92 Å². The van der Waals surface area contributed by atoms with Crippen LogP contribution in [-0.4, -0.2) is 23.0 Å². The Morgan fingerprint density at radius 3 is 2.71 bits per heavy atom. The Balaban J connectivity index is 1.56. The molecule has 1 aliphatic carbocycles. The number of carbonyl (C=O) groups excluding carboxylic acids is 1. The number of nitrogens with zero attached hydrogens (tertiary/aromatic N) is 1. The normalized spacial score (nSPS) is 16.2. The fourth-order valence-corrected chi connectivity index (χ4v) is 4.05. The standard InChI is InChI=1S/C19H25N3OS/c1-13-17(24-19(21-13)15-8-4-3-5-9-15)12-20-14(2)18(23)22-16-10-6-7-11-16/h3-5,8-9,14,16,20H,6-7,10-12H2,1-2H3,(H,22,23)/t14-/m0/s1. The van der Waals surface area contributed by atoms with Gasteiger partial charge in [-0.25, -0.2) is 4.98 Å². The van der Waals surface area contributed by atoms with E-state index in [9.17, 15) is 4.79 Å². The molecule has 0 radical (unpaired) electrons. The molecule has 4 nitrogen and oxygen atoms in total. The van der Waals surface area contributed by atoms with E-state index in [-0.39, 0.29) is 11.9 Å². The fourth-order valence-electron chi connectivity index (χ4n) is 3.03. The molecule has 1 heterocycles. The summed E-state index contributed by atoms with van der Waals surface area (Å²) in [5.74, 6) is 0.104. The Hall–Kier alpha value is -1.72. The van der Waals surface area contributed by atoms with Crippen LogP contribution in [0.4, 0.5) is 0 Å². The Morgan fingerprint density at radius 2 is 2.00 bits per heavy atom. The highest BCUT2D eigenvalue weighted by molar-refractivity contribution is 7.15. The lowest BCUT2D eigenvalue weighted by molar-refractivity contribution is -0.123. The van der Waals surface area contributed by atoms with E-state index in [0.717, 1.165) is 29.1 Å². The van der Waals surface area contributed by atoms with Gasteiger partial charge in [-0.05, 0) is 26.7 Å². The fraction of sp³-hybridized carbons (Fsp3) is 0.474. The van der Waals surface area contributed by atoms with Crippen molar-refractivity contribution in [3.05, 3.63) is 40.9 Å². The second-order valence-electron chi connectivity index (χ2n) is 6.49. The number of carbonyl (C=O) groups is 1. The summed E-state index contributed by atoms with van der Waals surface area (Å²) < 4.78 is 0. The summed E-state index contributed by atoms with van der Waals surface area (Å²) in [6.45, 7) is 4.64. The first-order valence-electron chi connectivity index (χ1n) is 8.69. The molecule has 0 aliphatic heterocycles. The molecule has 1 amide bonds. The van der Waals surface area contributed by atoms with Crippen LogP contribution in [0.15, 0.2) is 30.3 Å². The van der Waals surface area contributed by atoms with Gasteiger partial charge in [0.2, 0.25) is 5.91 Å². The zero-order valence-electron chi connectivity index (χ0n) is 14.3. The SMILES string of the molecule is Cc1nc(-c2ccccc2)sc1CN[C@@H](C)C(=O)NC1CCCC1. The third-order valence-electron chi connectivity index (χ3n) is 4.58. The molecule has 1 aromatic carbocycles. The van der Waals surface area contributed by atoms with Gasteiger partial charge < -0.3 is 10.6 Å². The minimum Gasteiger partial charge on any atom is -0.352 e. The molecule has 1 fully saturated rings. The molecule has 2 N–H and O–H groups in total. The maximum absolute atomic E-state index is 12.2. The maximum atomic E-state index is 12.2. The van der Waals surface area contributed by atoms with Crippen molar-refractivity contribution in [1.29, 1.82) is 0 Å². The van der Waals surface area contributed by atoms with Gasteiger partial charge in [-0.2, -0.15) is 0 Å². The van der Waals surface area contributed by atoms with Crippen LogP contribution in [0.5, 0.6) is 0 Å². The van der Waals surface area contributed by atoms with Gasteiger partial charge in [0, 0.05) is 23.0 Å². The highest BCUT2D eigenvalue weighted by atomic mass is 32.1. The molecule has 1 aromatic heterocycles. The van der Waals surface area contributed by atoms with E-state index in [1.54, 1.807) is 11.3 Å². The first-order valence-corrected chi connectivity index (χ1v) is 9.50. The first-order chi connectivity index (χ1) is 11.6. The Labute approximate surface area is 147 Å². The molecule has 1 aliphatic rings. The zero-order chi connectivity index (χ0) is 16.9. The summed E-state index contributed by atoms with van der Waals surface area (Å²) in [6.07, 6.45) is 4.70. The van der Waals surface area contributed by atoms with Gasteiger partial charge in [0.25, 0.3) is 0 Å². The van der Waals surface area contributed by atoms with Crippen molar-refractivity contribution in [3.8, 4) is 10.6 Å². The minimum atomic E-state index is -0.188. The number of amides is 1. The summed E-state index contributed by atoms with van der Waals surface area (Å²) in [5.41, 5.74) is 2.18. The Morgan fingerprint density at radius 1 is 1.29 bits per heavy atom. The van der Waals surface area contributed by atoms with Crippen LogP contribution in [0.25, 0.3) is 10.6 Å². The van der Waals surface area contributed by atoms with E-state index in [1.165, 1.54) is 17.7 Å². The monoisotopic (exact) mass is 343 g/mol. The van der Waals surface area contributed by atoms with Crippen LogP contribution < -0.4 is 10.6 Å². The minimum absolute atomic E-state index is 0.104. The van der Waals surface area contributed by atoms with E-state index < -0.39 is 0 Å². The predicted octanol–water partition coefficient (Wildman–Crippen LogP) is 3.66. The number of rotatable bonds is 6. The van der Waals surface area contributed by atoms with Crippen LogP contribution in [0.1, 0.15) is 43.2 Å². The lowest BCUT2D eigenvalue weighted by Gasteiger charge is -2.17. The Bertz CT molecular complexity index is 677. The molecule has 0 saturated heterocycles. The topological polar surface area (TPSA) is 54.0 Å². The van der Waals surface area contributed by atoms with Gasteiger partial charge in [0.1, 0.15) is 5.01 Å². The largest absolute Gasteiger partial charge is 0.352 e. The van der Waals surface area contributed by atoms with Gasteiger partial charge in [-0.15, -0.1) is 11.3 Å². The molecular formula is C19H25N3OS. The van der Waals surface area contributed by atoms with E-state index in [4.69, 9.17) is 0 Å². The Kier molecular flexibility index (Phi) is 5.63. The van der Waals surface area contributed by atoms with Crippen LogP contribution in [0.3, 0.4) is 0 Å². The molecule has 0 bridgehead atoms. The summed E-state index contributed by atoms with van der Waals surface area (Å²) in [6, 6.07) is 10.4. The van der Waals surface area contributed by atoms with Crippen molar-refractivity contribution < 1.29 is 4.79 Å². The molecule has 0 spiro atoms. The molecule has 2 aromatic rings. The average molecular weight is 343 g/mol. The smallest absolute Gasteiger partial charge is 0.237 e. The molecular weight excluding hydrogens is 318 g/mol. The molecule has 1 saturated carbocycles. The van der Waals surface area contributed by atoms with Gasteiger partial charge >= 0.3 is 0 Å². The van der Waals surface area contributed by atoms with Crippen molar-refractivity contribution in [3.63, 3.8) is 0 Å². The third kappa shape index (κ3) is 4.22. The number of thiazole rings is 1. The number of benzene rings is 1. The van der Waals surface area contributed by atoms with Crippen LogP contribution >= 0.6 is 11.3 Å². The van der Waals surface area contributed by atoms with Crippen molar-refractivity contribution in [2.24, 2.45) is 0 Å². The van der Waals surface area contributed by atoms with Crippen molar-refractivity contribution in [1.82, 2.24) is 15.6 Å². The molecule has 128 valence electrons. The first kappa shape index (κ1) is 17.1. The summed E-state index contributed by atoms with van der Waals surface area (Å²) in [5, 5.41) is 7.52. The third-order valence-corrected chi connectivity index (χ3v) is 5.78.